The first-order valence-corrected chi connectivity index (χ1v) is 8.69. The van der Waals surface area contributed by atoms with E-state index in [-0.39, 0.29) is 5.41 Å². The molecule has 4 aliphatic rings. The van der Waals surface area contributed by atoms with E-state index in [9.17, 15) is 9.59 Å². The maximum absolute atomic E-state index is 12.3. The Morgan fingerprint density at radius 3 is 2.71 bits per heavy atom. The zero-order valence-electron chi connectivity index (χ0n) is 13.2. The maximum Gasteiger partial charge on any atom is 0.161 e. The Hall–Kier alpha value is -0.920. The molecule has 0 amide bonds. The number of ketones is 2. The predicted octanol–water partition coefficient (Wildman–Crippen LogP) is 3.94. The molecule has 0 N–H and O–H groups in total. The second-order valence-electron chi connectivity index (χ2n) is 8.50. The Morgan fingerprint density at radius 2 is 1.90 bits per heavy atom. The van der Waals surface area contributed by atoms with Gasteiger partial charge in [-0.1, -0.05) is 19.9 Å². The lowest BCUT2D eigenvalue weighted by molar-refractivity contribution is -0.142. The standard InChI is InChI=1S/C19H26O2/c1-18-9-7-13(20)11-12(18)3-4-14-15-5-6-17(21)19(15,2)10-8-16(14)18/h5-6,12,14-16H,3-4,7-11H2,1-2H3/t12-,14+,15+,16+,18-,19-/m0/s1. The van der Waals surface area contributed by atoms with Crippen molar-refractivity contribution in [2.24, 2.45) is 34.5 Å². The quantitative estimate of drug-likeness (QED) is 0.676. The topological polar surface area (TPSA) is 34.1 Å². The summed E-state index contributed by atoms with van der Waals surface area (Å²) in [7, 11) is 0. The van der Waals surface area contributed by atoms with Crippen LogP contribution in [0, 0.1) is 34.5 Å². The van der Waals surface area contributed by atoms with E-state index >= 15 is 0 Å². The summed E-state index contributed by atoms with van der Waals surface area (Å²) in [4.78, 5) is 24.1. The Balaban J connectivity index is 1.67. The molecule has 21 heavy (non-hydrogen) atoms. The van der Waals surface area contributed by atoms with Crippen LogP contribution in [0.1, 0.15) is 58.8 Å². The van der Waals surface area contributed by atoms with Crippen molar-refractivity contribution in [2.75, 3.05) is 0 Å². The molecule has 4 aliphatic carbocycles. The van der Waals surface area contributed by atoms with Gasteiger partial charge < -0.3 is 0 Å². The molecule has 4 rings (SSSR count). The van der Waals surface area contributed by atoms with Crippen LogP contribution in [-0.4, -0.2) is 11.6 Å². The third kappa shape index (κ3) is 1.71. The van der Waals surface area contributed by atoms with E-state index in [1.54, 1.807) is 0 Å². The number of carbonyl (C=O) groups is 2. The highest BCUT2D eigenvalue weighted by Gasteiger charge is 2.58. The molecule has 3 fully saturated rings. The van der Waals surface area contributed by atoms with Gasteiger partial charge in [0.1, 0.15) is 5.78 Å². The van der Waals surface area contributed by atoms with E-state index in [1.807, 2.05) is 6.08 Å². The highest BCUT2D eigenvalue weighted by molar-refractivity contribution is 5.97. The summed E-state index contributed by atoms with van der Waals surface area (Å²) >= 11 is 0. The largest absolute Gasteiger partial charge is 0.300 e. The van der Waals surface area contributed by atoms with Crippen molar-refractivity contribution in [3.8, 4) is 0 Å². The fourth-order valence-electron chi connectivity index (χ4n) is 6.32. The van der Waals surface area contributed by atoms with Gasteiger partial charge in [-0.2, -0.15) is 0 Å². The smallest absolute Gasteiger partial charge is 0.161 e. The molecule has 0 saturated heterocycles. The van der Waals surface area contributed by atoms with Gasteiger partial charge in [0.25, 0.3) is 0 Å². The van der Waals surface area contributed by atoms with Crippen LogP contribution in [0.4, 0.5) is 0 Å². The van der Waals surface area contributed by atoms with Gasteiger partial charge in [0, 0.05) is 18.3 Å². The third-order valence-electron chi connectivity index (χ3n) is 7.75. The summed E-state index contributed by atoms with van der Waals surface area (Å²) in [6, 6.07) is 0. The van der Waals surface area contributed by atoms with Crippen LogP contribution >= 0.6 is 0 Å². The molecule has 0 aromatic heterocycles. The van der Waals surface area contributed by atoms with Gasteiger partial charge in [-0.3, -0.25) is 9.59 Å². The molecule has 0 aromatic carbocycles. The van der Waals surface area contributed by atoms with E-state index in [2.05, 4.69) is 19.9 Å². The number of Topliss-reactive ketones (excluding diaryl/α,β-unsaturated/α-hetero) is 1. The van der Waals surface area contributed by atoms with Crippen molar-refractivity contribution < 1.29 is 9.59 Å². The average Bonchev–Trinajstić information content (AvgIpc) is 2.76. The molecule has 0 aromatic rings. The second kappa shape index (κ2) is 4.30. The number of rotatable bonds is 0. The highest BCUT2D eigenvalue weighted by Crippen LogP contribution is 2.63. The van der Waals surface area contributed by atoms with Gasteiger partial charge in [-0.05, 0) is 67.3 Å². The first-order chi connectivity index (χ1) is 9.95. The molecule has 3 saturated carbocycles. The fraction of sp³-hybridized carbons (Fsp3) is 0.789. The van der Waals surface area contributed by atoms with Gasteiger partial charge in [0.2, 0.25) is 0 Å². The monoisotopic (exact) mass is 286 g/mol. The normalized spacial score (nSPS) is 52.3. The predicted molar refractivity (Wildman–Crippen MR) is 81.6 cm³/mol. The average molecular weight is 286 g/mol. The van der Waals surface area contributed by atoms with Crippen molar-refractivity contribution >= 4 is 11.6 Å². The fourth-order valence-corrected chi connectivity index (χ4v) is 6.32. The molecule has 0 spiro atoms. The maximum atomic E-state index is 12.3. The summed E-state index contributed by atoms with van der Waals surface area (Å²) in [5, 5.41) is 0. The minimum atomic E-state index is -0.116. The molecule has 2 heteroatoms. The van der Waals surface area contributed by atoms with Crippen LogP contribution in [0.15, 0.2) is 12.2 Å². The van der Waals surface area contributed by atoms with Crippen LogP contribution in [-0.2, 0) is 9.59 Å². The van der Waals surface area contributed by atoms with E-state index in [0.717, 1.165) is 31.6 Å². The minimum Gasteiger partial charge on any atom is -0.300 e. The summed E-state index contributed by atoms with van der Waals surface area (Å²) in [6.07, 6.45) is 11.4. The molecular formula is C19H26O2. The molecule has 2 nitrogen and oxygen atoms in total. The second-order valence-corrected chi connectivity index (χ2v) is 8.50. The van der Waals surface area contributed by atoms with Gasteiger partial charge in [0.15, 0.2) is 5.78 Å². The van der Waals surface area contributed by atoms with Crippen molar-refractivity contribution in [2.45, 2.75) is 58.8 Å². The van der Waals surface area contributed by atoms with Crippen LogP contribution < -0.4 is 0 Å². The molecule has 0 aliphatic heterocycles. The lowest BCUT2D eigenvalue weighted by Crippen LogP contribution is -2.53. The first kappa shape index (κ1) is 13.7. The number of fused-ring (bicyclic) bond motifs is 5. The van der Waals surface area contributed by atoms with Gasteiger partial charge in [-0.25, -0.2) is 0 Å². The van der Waals surface area contributed by atoms with Gasteiger partial charge in [0.05, 0.1) is 0 Å². The minimum absolute atomic E-state index is 0.116. The first-order valence-electron chi connectivity index (χ1n) is 8.69. The Labute approximate surface area is 127 Å². The lowest BCUT2D eigenvalue weighted by atomic mass is 9.45. The summed E-state index contributed by atoms with van der Waals surface area (Å²) in [5.41, 5.74) is 0.229. The molecule has 0 bridgehead atoms. The SMILES string of the molecule is C[C@]12CCC(=O)C[C@@H]1CC[C@H]1[C@H]2CC[C@]2(C)C(=O)C=C[C@H]12. The summed E-state index contributed by atoms with van der Waals surface area (Å²) < 4.78 is 0. The third-order valence-corrected chi connectivity index (χ3v) is 7.75. The Morgan fingerprint density at radius 1 is 1.10 bits per heavy atom. The van der Waals surface area contributed by atoms with Gasteiger partial charge in [-0.15, -0.1) is 0 Å². The van der Waals surface area contributed by atoms with Crippen molar-refractivity contribution in [1.82, 2.24) is 0 Å². The van der Waals surface area contributed by atoms with Crippen molar-refractivity contribution in [3.63, 3.8) is 0 Å². The van der Waals surface area contributed by atoms with E-state index in [1.165, 1.54) is 19.3 Å². The molecule has 0 radical (unpaired) electrons. The Bertz CT molecular complexity index is 534. The molecule has 0 unspecified atom stereocenters. The number of carbonyl (C=O) groups excluding carboxylic acids is 2. The molecule has 6 atom stereocenters. The number of hydrogen-bond acceptors (Lipinski definition) is 2. The van der Waals surface area contributed by atoms with Crippen LogP contribution in [0.25, 0.3) is 0 Å². The van der Waals surface area contributed by atoms with Crippen LogP contribution in [0.5, 0.6) is 0 Å². The highest BCUT2D eigenvalue weighted by atomic mass is 16.1. The van der Waals surface area contributed by atoms with Gasteiger partial charge >= 0.3 is 0 Å². The molecule has 0 heterocycles. The number of allylic oxidation sites excluding steroid dienone is 2. The lowest BCUT2D eigenvalue weighted by Gasteiger charge is -2.59. The Kier molecular flexibility index (Phi) is 2.81. The number of hydrogen-bond donors (Lipinski definition) is 0. The van der Waals surface area contributed by atoms with E-state index in [4.69, 9.17) is 0 Å². The van der Waals surface area contributed by atoms with Crippen molar-refractivity contribution in [1.29, 1.82) is 0 Å². The summed E-state index contributed by atoms with van der Waals surface area (Å²) in [6.45, 7) is 4.64. The van der Waals surface area contributed by atoms with Crippen molar-refractivity contribution in [3.05, 3.63) is 12.2 Å². The molecule has 114 valence electrons. The van der Waals surface area contributed by atoms with E-state index < -0.39 is 0 Å². The zero-order chi connectivity index (χ0) is 14.8. The molecular weight excluding hydrogens is 260 g/mol. The van der Waals surface area contributed by atoms with Crippen LogP contribution in [0.2, 0.25) is 0 Å². The van der Waals surface area contributed by atoms with Crippen LogP contribution in [0.3, 0.4) is 0 Å². The summed E-state index contributed by atoms with van der Waals surface area (Å²) in [5.74, 6) is 3.29. The van der Waals surface area contributed by atoms with E-state index in [0.29, 0.717) is 34.7 Å². The zero-order valence-corrected chi connectivity index (χ0v) is 13.2.